The Labute approximate surface area is 123 Å². The molecule has 2 aromatic rings. The van der Waals surface area contributed by atoms with E-state index in [-0.39, 0.29) is 11.9 Å². The van der Waals surface area contributed by atoms with Gasteiger partial charge in [-0.05, 0) is 5.92 Å². The predicted molar refractivity (Wildman–Crippen MR) is 82.3 cm³/mol. The fourth-order valence-corrected chi connectivity index (χ4v) is 1.81. The maximum Gasteiger partial charge on any atom is 0.222 e. The van der Waals surface area contributed by atoms with E-state index < -0.39 is 0 Å². The number of nitrogens with zero attached hydrogens (tertiary/aromatic N) is 3. The molecule has 0 bridgehead atoms. The zero-order valence-electron chi connectivity index (χ0n) is 12.2. The molecular formula is C15H17N5O. The zero-order chi connectivity index (χ0) is 15.4. The van der Waals surface area contributed by atoms with Crippen molar-refractivity contribution < 1.29 is 4.74 Å². The number of aromatic nitrogens is 3. The number of nitrogens with two attached hydrogens (primary N) is 1. The molecule has 6 nitrogen and oxygen atoms in total. The molecule has 0 atom stereocenters. The Balaban J connectivity index is 2.45. The van der Waals surface area contributed by atoms with Crippen LogP contribution in [0.1, 0.15) is 31.0 Å². The summed E-state index contributed by atoms with van der Waals surface area (Å²) in [6.45, 7) is 4.11. The molecule has 0 aliphatic heterocycles. The number of anilines is 2. The van der Waals surface area contributed by atoms with Gasteiger partial charge in [-0.2, -0.15) is 4.98 Å². The Kier molecular flexibility index (Phi) is 4.24. The number of ether oxygens (including phenoxy) is 1. The molecule has 2 rings (SSSR count). The topological polar surface area (TPSA) is 86.0 Å². The predicted octanol–water partition coefficient (Wildman–Crippen LogP) is 2.39. The Bertz CT molecular complexity index is 691. The summed E-state index contributed by atoms with van der Waals surface area (Å²) in [7, 11) is 1.73. The Morgan fingerprint density at radius 3 is 2.67 bits per heavy atom. The molecule has 2 heterocycles. The number of hydrogen-bond acceptors (Lipinski definition) is 6. The third kappa shape index (κ3) is 3.20. The van der Waals surface area contributed by atoms with Gasteiger partial charge in [0.05, 0.1) is 6.20 Å². The van der Waals surface area contributed by atoms with Crippen molar-refractivity contribution >= 4 is 11.8 Å². The number of nitrogens with one attached hydrogen (secondary N) is 1. The molecule has 3 N–H and O–H groups in total. The van der Waals surface area contributed by atoms with Crippen molar-refractivity contribution in [1.82, 2.24) is 15.0 Å². The molecule has 0 radical (unpaired) electrons. The Morgan fingerprint density at radius 2 is 2.05 bits per heavy atom. The molecule has 0 unspecified atom stereocenters. The van der Waals surface area contributed by atoms with E-state index in [1.165, 1.54) is 6.20 Å². The number of hydrogen-bond donors (Lipinski definition) is 2. The lowest BCUT2D eigenvalue weighted by Crippen LogP contribution is -2.03. The monoisotopic (exact) mass is 283 g/mol. The Morgan fingerprint density at radius 1 is 1.29 bits per heavy atom. The van der Waals surface area contributed by atoms with Crippen molar-refractivity contribution in [2.75, 3.05) is 18.1 Å². The van der Waals surface area contributed by atoms with Gasteiger partial charge in [0.2, 0.25) is 5.95 Å². The molecule has 0 saturated heterocycles. The van der Waals surface area contributed by atoms with Crippen molar-refractivity contribution in [2.24, 2.45) is 0 Å². The number of rotatable bonds is 4. The van der Waals surface area contributed by atoms with Gasteiger partial charge in [0, 0.05) is 24.9 Å². The molecule has 0 amide bonds. The van der Waals surface area contributed by atoms with Gasteiger partial charge < -0.3 is 15.8 Å². The van der Waals surface area contributed by atoms with E-state index >= 15 is 0 Å². The maximum absolute atomic E-state index is 5.91. The number of nitrogen functional groups attached to an aromatic ring is 1. The van der Waals surface area contributed by atoms with Crippen LogP contribution < -0.4 is 15.8 Å². The lowest BCUT2D eigenvalue weighted by molar-refractivity contribution is 0.469. The summed E-state index contributed by atoms with van der Waals surface area (Å²) in [5.41, 5.74) is 7.03. The van der Waals surface area contributed by atoms with Gasteiger partial charge in [-0.1, -0.05) is 19.8 Å². The van der Waals surface area contributed by atoms with E-state index in [4.69, 9.17) is 16.9 Å². The van der Waals surface area contributed by atoms with Crippen molar-refractivity contribution in [1.29, 1.82) is 0 Å². The summed E-state index contributed by atoms with van der Waals surface area (Å²) in [6, 6.07) is 1.73. The van der Waals surface area contributed by atoms with E-state index in [9.17, 15) is 0 Å². The van der Waals surface area contributed by atoms with Crippen LogP contribution in [0.2, 0.25) is 0 Å². The van der Waals surface area contributed by atoms with Crippen LogP contribution in [-0.2, 0) is 0 Å². The second kappa shape index (κ2) is 6.09. The van der Waals surface area contributed by atoms with E-state index in [2.05, 4.69) is 40.0 Å². The fourth-order valence-electron chi connectivity index (χ4n) is 1.81. The van der Waals surface area contributed by atoms with Gasteiger partial charge in [-0.3, -0.25) is 0 Å². The van der Waals surface area contributed by atoms with Crippen LogP contribution in [0.25, 0.3) is 0 Å². The van der Waals surface area contributed by atoms with Crippen LogP contribution in [0.15, 0.2) is 18.5 Å². The lowest BCUT2D eigenvalue weighted by atomic mass is 10.0. The highest BCUT2D eigenvalue weighted by atomic mass is 16.5. The first-order valence-corrected chi connectivity index (χ1v) is 6.49. The SMILES string of the molecule is C#Cc1cc(Oc2cnc(N)nc2NC)c(C(C)C)cn1. The molecule has 0 spiro atoms. The summed E-state index contributed by atoms with van der Waals surface area (Å²) >= 11 is 0. The highest BCUT2D eigenvalue weighted by Gasteiger charge is 2.13. The maximum atomic E-state index is 5.91. The molecule has 0 aromatic carbocycles. The minimum atomic E-state index is 0.176. The summed E-state index contributed by atoms with van der Waals surface area (Å²) in [6.07, 6.45) is 8.64. The van der Waals surface area contributed by atoms with Gasteiger partial charge in [-0.15, -0.1) is 6.42 Å². The van der Waals surface area contributed by atoms with Gasteiger partial charge >= 0.3 is 0 Å². The van der Waals surface area contributed by atoms with Gasteiger partial charge in [-0.25, -0.2) is 9.97 Å². The fraction of sp³-hybridized carbons (Fsp3) is 0.267. The highest BCUT2D eigenvalue weighted by molar-refractivity contribution is 5.53. The van der Waals surface area contributed by atoms with Gasteiger partial charge in [0.1, 0.15) is 11.4 Å². The second-order valence-electron chi connectivity index (χ2n) is 4.70. The van der Waals surface area contributed by atoms with Crippen molar-refractivity contribution in [3.8, 4) is 23.8 Å². The van der Waals surface area contributed by atoms with Crippen molar-refractivity contribution in [3.05, 3.63) is 29.7 Å². The molecule has 2 aromatic heterocycles. The molecule has 6 heteroatoms. The average Bonchev–Trinajstić information content (AvgIpc) is 2.48. The first-order valence-electron chi connectivity index (χ1n) is 6.49. The van der Waals surface area contributed by atoms with E-state index in [1.807, 2.05) is 0 Å². The third-order valence-electron chi connectivity index (χ3n) is 2.90. The van der Waals surface area contributed by atoms with Gasteiger partial charge in [0.25, 0.3) is 0 Å². The Hall–Kier alpha value is -2.81. The lowest BCUT2D eigenvalue weighted by Gasteiger charge is -2.15. The quantitative estimate of drug-likeness (QED) is 0.838. The first kappa shape index (κ1) is 14.6. The first-order chi connectivity index (χ1) is 10.0. The normalized spacial score (nSPS) is 10.2. The van der Waals surface area contributed by atoms with Crippen LogP contribution in [0.5, 0.6) is 11.5 Å². The molecule has 108 valence electrons. The van der Waals surface area contributed by atoms with E-state index in [1.54, 1.807) is 19.3 Å². The summed E-state index contributed by atoms with van der Waals surface area (Å²) < 4.78 is 5.91. The minimum Gasteiger partial charge on any atom is -0.451 e. The molecular weight excluding hydrogens is 266 g/mol. The molecule has 0 aliphatic rings. The summed E-state index contributed by atoms with van der Waals surface area (Å²) in [5, 5.41) is 2.92. The molecule has 0 fully saturated rings. The standard InChI is InChI=1S/C15H17N5O/c1-5-10-6-12(11(7-18-10)9(2)3)21-13-8-19-15(16)20-14(13)17-4/h1,6-9H,2-4H3,(H3,16,17,19,20). The smallest absolute Gasteiger partial charge is 0.222 e. The highest BCUT2D eigenvalue weighted by Crippen LogP contribution is 2.33. The molecule has 0 aliphatic carbocycles. The van der Waals surface area contributed by atoms with Crippen LogP contribution in [0.4, 0.5) is 11.8 Å². The zero-order valence-corrected chi connectivity index (χ0v) is 12.2. The average molecular weight is 283 g/mol. The minimum absolute atomic E-state index is 0.176. The summed E-state index contributed by atoms with van der Waals surface area (Å²) in [4.78, 5) is 12.2. The number of terminal acetylenes is 1. The van der Waals surface area contributed by atoms with E-state index in [0.29, 0.717) is 23.0 Å². The summed E-state index contributed by atoms with van der Waals surface area (Å²) in [5.74, 6) is 4.54. The van der Waals surface area contributed by atoms with Crippen molar-refractivity contribution in [3.63, 3.8) is 0 Å². The third-order valence-corrected chi connectivity index (χ3v) is 2.90. The second-order valence-corrected chi connectivity index (χ2v) is 4.70. The largest absolute Gasteiger partial charge is 0.451 e. The van der Waals surface area contributed by atoms with Crippen molar-refractivity contribution in [2.45, 2.75) is 19.8 Å². The van der Waals surface area contributed by atoms with Crippen LogP contribution >= 0.6 is 0 Å². The van der Waals surface area contributed by atoms with E-state index in [0.717, 1.165) is 5.56 Å². The van der Waals surface area contributed by atoms with Crippen LogP contribution in [0.3, 0.4) is 0 Å². The molecule has 0 saturated carbocycles. The number of pyridine rings is 1. The van der Waals surface area contributed by atoms with Crippen LogP contribution in [0, 0.1) is 12.3 Å². The van der Waals surface area contributed by atoms with Crippen LogP contribution in [-0.4, -0.2) is 22.0 Å². The molecule has 21 heavy (non-hydrogen) atoms. The van der Waals surface area contributed by atoms with Gasteiger partial charge in [0.15, 0.2) is 11.6 Å².